The summed E-state index contributed by atoms with van der Waals surface area (Å²) in [6.07, 6.45) is 7.48. The van der Waals surface area contributed by atoms with E-state index in [9.17, 15) is 4.79 Å². The fraction of sp³-hybridized carbons (Fsp3) is 0.706. The molecule has 0 aliphatic heterocycles. The van der Waals surface area contributed by atoms with Crippen LogP contribution in [0.4, 0.5) is 0 Å². The van der Waals surface area contributed by atoms with Crippen molar-refractivity contribution < 1.29 is 4.79 Å². The van der Waals surface area contributed by atoms with Crippen LogP contribution in [0.3, 0.4) is 0 Å². The summed E-state index contributed by atoms with van der Waals surface area (Å²) in [6, 6.07) is 3.19. The van der Waals surface area contributed by atoms with Crippen LogP contribution in [-0.4, -0.2) is 29.4 Å². The fourth-order valence-corrected chi connectivity index (χ4v) is 4.00. The predicted octanol–water partition coefficient (Wildman–Crippen LogP) is 3.41. The van der Waals surface area contributed by atoms with E-state index < -0.39 is 0 Å². The van der Waals surface area contributed by atoms with E-state index >= 15 is 0 Å². The van der Waals surface area contributed by atoms with Gasteiger partial charge in [0.25, 0.3) is 0 Å². The van der Waals surface area contributed by atoms with Crippen molar-refractivity contribution in [2.24, 2.45) is 5.92 Å². The summed E-state index contributed by atoms with van der Waals surface area (Å²) in [5.41, 5.74) is 1.34. The molecule has 0 aromatic carbocycles. The molecule has 1 aromatic rings. The Morgan fingerprint density at radius 3 is 2.81 bits per heavy atom. The van der Waals surface area contributed by atoms with Crippen LogP contribution in [0.5, 0.6) is 0 Å². The van der Waals surface area contributed by atoms with Crippen LogP contribution < -0.4 is 5.32 Å². The second-order valence-electron chi connectivity index (χ2n) is 6.70. The number of carbonyl (C=O) groups excluding carboxylic acids is 1. The molecule has 0 spiro atoms. The van der Waals surface area contributed by atoms with Gasteiger partial charge in [0.2, 0.25) is 5.91 Å². The molecule has 2 aliphatic rings. The van der Waals surface area contributed by atoms with Gasteiger partial charge in [-0.25, -0.2) is 0 Å². The molecule has 0 saturated heterocycles. The highest BCUT2D eigenvalue weighted by molar-refractivity contribution is 7.07. The summed E-state index contributed by atoms with van der Waals surface area (Å²) in [6.45, 7) is 3.75. The highest BCUT2D eigenvalue weighted by atomic mass is 32.1. The third-order valence-electron chi connectivity index (χ3n) is 4.83. The maximum Gasteiger partial charge on any atom is 0.234 e. The van der Waals surface area contributed by atoms with Crippen LogP contribution in [0.25, 0.3) is 0 Å². The maximum atomic E-state index is 12.4. The number of hydrogen-bond donors (Lipinski definition) is 1. The van der Waals surface area contributed by atoms with Gasteiger partial charge in [0.1, 0.15) is 0 Å². The molecule has 3 rings (SSSR count). The Balaban J connectivity index is 1.51. The van der Waals surface area contributed by atoms with Crippen molar-refractivity contribution >= 4 is 17.2 Å². The molecule has 2 atom stereocenters. The summed E-state index contributed by atoms with van der Waals surface area (Å²) in [4.78, 5) is 14.7. The summed E-state index contributed by atoms with van der Waals surface area (Å²) >= 11 is 1.73. The molecule has 4 heteroatoms. The Kier molecular flexibility index (Phi) is 4.96. The van der Waals surface area contributed by atoms with Crippen molar-refractivity contribution in [3.05, 3.63) is 22.4 Å². The molecule has 3 nitrogen and oxygen atoms in total. The Morgan fingerprint density at radius 2 is 2.14 bits per heavy atom. The molecule has 0 radical (unpaired) electrons. The molecule has 2 aliphatic carbocycles. The van der Waals surface area contributed by atoms with Crippen molar-refractivity contribution in [1.82, 2.24) is 10.2 Å². The van der Waals surface area contributed by atoms with Gasteiger partial charge in [0.05, 0.1) is 6.54 Å². The molecular weight excluding hydrogens is 280 g/mol. The lowest BCUT2D eigenvalue weighted by molar-refractivity contribution is -0.123. The first-order valence-corrected chi connectivity index (χ1v) is 9.21. The van der Waals surface area contributed by atoms with E-state index in [0.717, 1.165) is 13.0 Å². The van der Waals surface area contributed by atoms with Gasteiger partial charge in [0, 0.05) is 18.6 Å². The molecule has 2 saturated carbocycles. The second-order valence-corrected chi connectivity index (χ2v) is 7.48. The van der Waals surface area contributed by atoms with Crippen molar-refractivity contribution in [2.75, 3.05) is 6.54 Å². The fourth-order valence-electron chi connectivity index (χ4n) is 3.34. The van der Waals surface area contributed by atoms with E-state index in [1.165, 1.54) is 37.7 Å². The van der Waals surface area contributed by atoms with Crippen LogP contribution in [0.15, 0.2) is 16.8 Å². The largest absolute Gasteiger partial charge is 0.352 e. The zero-order valence-corrected chi connectivity index (χ0v) is 13.7. The second kappa shape index (κ2) is 6.93. The predicted molar refractivity (Wildman–Crippen MR) is 87.3 cm³/mol. The maximum absolute atomic E-state index is 12.4. The van der Waals surface area contributed by atoms with E-state index in [2.05, 4.69) is 34.0 Å². The van der Waals surface area contributed by atoms with E-state index in [-0.39, 0.29) is 5.91 Å². The molecule has 2 fully saturated rings. The van der Waals surface area contributed by atoms with Crippen LogP contribution in [-0.2, 0) is 11.3 Å². The van der Waals surface area contributed by atoms with Crippen LogP contribution in [0.2, 0.25) is 0 Å². The molecule has 1 amide bonds. The van der Waals surface area contributed by atoms with Crippen molar-refractivity contribution in [3.8, 4) is 0 Å². The third kappa shape index (κ3) is 4.30. The van der Waals surface area contributed by atoms with Crippen molar-refractivity contribution in [2.45, 2.75) is 64.1 Å². The quantitative estimate of drug-likeness (QED) is 0.873. The highest BCUT2D eigenvalue weighted by Gasteiger charge is 2.31. The molecule has 21 heavy (non-hydrogen) atoms. The number of rotatable bonds is 6. The Hall–Kier alpha value is -0.870. The van der Waals surface area contributed by atoms with Crippen LogP contribution in [0, 0.1) is 5.92 Å². The molecule has 1 heterocycles. The number of amides is 1. The summed E-state index contributed by atoms with van der Waals surface area (Å²) in [7, 11) is 0. The van der Waals surface area contributed by atoms with Gasteiger partial charge in [-0.3, -0.25) is 9.69 Å². The van der Waals surface area contributed by atoms with E-state index in [0.29, 0.717) is 24.5 Å². The Labute approximate surface area is 131 Å². The first-order valence-electron chi connectivity index (χ1n) is 8.27. The molecule has 0 bridgehead atoms. The lowest BCUT2D eigenvalue weighted by Gasteiger charge is -2.30. The average molecular weight is 306 g/mol. The first-order chi connectivity index (χ1) is 10.2. The minimum absolute atomic E-state index is 0.218. The SMILES string of the molecule is CC1CCCCC1NC(=O)CN(Cc1ccsc1)C1CC1. The molecule has 2 unspecified atom stereocenters. The van der Waals surface area contributed by atoms with Gasteiger partial charge < -0.3 is 5.32 Å². The molecule has 1 N–H and O–H groups in total. The number of nitrogens with one attached hydrogen (secondary N) is 1. The lowest BCUT2D eigenvalue weighted by Crippen LogP contribution is -2.46. The minimum Gasteiger partial charge on any atom is -0.352 e. The molecular formula is C17H26N2OS. The standard InChI is InChI=1S/C17H26N2OS/c1-13-4-2-3-5-16(13)18-17(20)11-19(15-6-7-15)10-14-8-9-21-12-14/h8-9,12-13,15-16H,2-7,10-11H2,1H3,(H,18,20). The summed E-state index contributed by atoms with van der Waals surface area (Å²) < 4.78 is 0. The van der Waals surface area contributed by atoms with Gasteiger partial charge in [-0.2, -0.15) is 11.3 Å². The number of hydrogen-bond acceptors (Lipinski definition) is 3. The minimum atomic E-state index is 0.218. The normalized spacial score (nSPS) is 26.0. The zero-order chi connectivity index (χ0) is 14.7. The summed E-state index contributed by atoms with van der Waals surface area (Å²) in [5, 5.41) is 7.59. The highest BCUT2D eigenvalue weighted by Crippen LogP contribution is 2.29. The van der Waals surface area contributed by atoms with Gasteiger partial charge >= 0.3 is 0 Å². The number of nitrogens with zero attached hydrogens (tertiary/aromatic N) is 1. The monoisotopic (exact) mass is 306 g/mol. The van der Waals surface area contributed by atoms with Gasteiger partial charge in [0.15, 0.2) is 0 Å². The van der Waals surface area contributed by atoms with Crippen LogP contribution in [0.1, 0.15) is 51.0 Å². The van der Waals surface area contributed by atoms with Crippen molar-refractivity contribution in [1.29, 1.82) is 0 Å². The van der Waals surface area contributed by atoms with E-state index in [1.807, 2.05) is 0 Å². The van der Waals surface area contributed by atoms with E-state index in [4.69, 9.17) is 0 Å². The number of carbonyl (C=O) groups is 1. The average Bonchev–Trinajstić information content (AvgIpc) is 3.19. The lowest BCUT2D eigenvalue weighted by atomic mass is 9.86. The molecule has 116 valence electrons. The van der Waals surface area contributed by atoms with Gasteiger partial charge in [-0.05, 0) is 54.0 Å². The Bertz CT molecular complexity index is 455. The molecule has 1 aromatic heterocycles. The van der Waals surface area contributed by atoms with Crippen LogP contribution >= 0.6 is 11.3 Å². The smallest absolute Gasteiger partial charge is 0.234 e. The number of thiophene rings is 1. The van der Waals surface area contributed by atoms with Gasteiger partial charge in [-0.15, -0.1) is 0 Å². The zero-order valence-electron chi connectivity index (χ0n) is 12.9. The summed E-state index contributed by atoms with van der Waals surface area (Å²) in [5.74, 6) is 0.852. The Morgan fingerprint density at radius 1 is 1.33 bits per heavy atom. The topological polar surface area (TPSA) is 32.3 Å². The first kappa shape index (κ1) is 15.0. The van der Waals surface area contributed by atoms with E-state index in [1.54, 1.807) is 11.3 Å². The van der Waals surface area contributed by atoms with Crippen molar-refractivity contribution in [3.63, 3.8) is 0 Å². The van der Waals surface area contributed by atoms with Gasteiger partial charge in [-0.1, -0.05) is 19.8 Å². The third-order valence-corrected chi connectivity index (χ3v) is 5.57.